The Morgan fingerprint density at radius 3 is 2.29 bits per heavy atom. The fraction of sp³-hybridized carbons (Fsp3) is 0.250. The first-order valence-corrected chi connectivity index (χ1v) is 5.30. The number of hydrogen-bond donors (Lipinski definition) is 1. The normalized spacial score (nSPS) is 13.6. The molecule has 6 heteroatoms. The molecule has 0 saturated heterocycles. The zero-order valence-electron chi connectivity index (χ0n) is 6.93. The van der Waals surface area contributed by atoms with Gasteiger partial charge in [0.2, 0.25) is 0 Å². The maximum absolute atomic E-state index is 10.6. The van der Waals surface area contributed by atoms with Crippen molar-refractivity contribution in [2.45, 2.75) is 9.46 Å². The Balaban J connectivity index is 2.96. The molecule has 1 aromatic carbocycles. The van der Waals surface area contributed by atoms with Crippen LogP contribution in [0, 0.1) is 10.1 Å². The standard InChI is InChI=1S/C8H7Br2NO3/c9-8(10,11(13)14)7(12)6-4-2-1-3-5-6/h1-5,7,12H. The van der Waals surface area contributed by atoms with Gasteiger partial charge in [0.15, 0.2) is 6.10 Å². The van der Waals surface area contributed by atoms with Crippen LogP contribution in [0.4, 0.5) is 0 Å². The predicted octanol–water partition coefficient (Wildman–Crippen LogP) is 2.44. The van der Waals surface area contributed by atoms with Gasteiger partial charge in [-0.25, -0.2) is 0 Å². The summed E-state index contributed by atoms with van der Waals surface area (Å²) in [7, 11) is 0. The first-order valence-electron chi connectivity index (χ1n) is 3.71. The summed E-state index contributed by atoms with van der Waals surface area (Å²) in [4.78, 5) is 9.95. The van der Waals surface area contributed by atoms with Gasteiger partial charge in [-0.2, -0.15) is 0 Å². The van der Waals surface area contributed by atoms with Gasteiger partial charge < -0.3 is 5.11 Å². The molecule has 1 N–H and O–H groups in total. The molecule has 0 aliphatic heterocycles. The van der Waals surface area contributed by atoms with Crippen LogP contribution in [0.25, 0.3) is 0 Å². The van der Waals surface area contributed by atoms with Crippen molar-refractivity contribution in [2.24, 2.45) is 0 Å². The van der Waals surface area contributed by atoms with E-state index in [1.165, 1.54) is 0 Å². The summed E-state index contributed by atoms with van der Waals surface area (Å²) in [5.74, 6) is 0. The van der Waals surface area contributed by atoms with Gasteiger partial charge in [0.1, 0.15) is 0 Å². The molecule has 0 saturated carbocycles. The Labute approximate surface area is 97.3 Å². The average molecular weight is 325 g/mol. The van der Waals surface area contributed by atoms with E-state index in [2.05, 4.69) is 31.9 Å². The maximum atomic E-state index is 10.6. The molecule has 76 valence electrons. The summed E-state index contributed by atoms with van der Waals surface area (Å²) in [6.45, 7) is 0. The molecular weight excluding hydrogens is 318 g/mol. The van der Waals surface area contributed by atoms with Gasteiger partial charge in [-0.15, -0.1) is 0 Å². The molecule has 14 heavy (non-hydrogen) atoms. The van der Waals surface area contributed by atoms with Gasteiger partial charge in [0, 0.05) is 31.9 Å². The van der Waals surface area contributed by atoms with Crippen LogP contribution in [0.15, 0.2) is 30.3 Å². The number of aliphatic hydroxyl groups excluding tert-OH is 1. The zero-order valence-corrected chi connectivity index (χ0v) is 10.1. The third kappa shape index (κ3) is 2.31. The Hall–Kier alpha value is -0.460. The highest BCUT2D eigenvalue weighted by Gasteiger charge is 2.45. The second-order valence-corrected chi connectivity index (χ2v) is 6.14. The lowest BCUT2D eigenvalue weighted by atomic mass is 10.1. The maximum Gasteiger partial charge on any atom is 0.356 e. The molecule has 0 radical (unpaired) electrons. The molecular formula is C8H7Br2NO3. The third-order valence-corrected chi connectivity index (χ3v) is 3.13. The lowest BCUT2D eigenvalue weighted by Gasteiger charge is -2.18. The number of aliphatic hydroxyl groups is 1. The minimum absolute atomic E-state index is 0.470. The molecule has 0 bridgehead atoms. The van der Waals surface area contributed by atoms with Crippen LogP contribution in [-0.4, -0.2) is 13.4 Å². The summed E-state index contributed by atoms with van der Waals surface area (Å²) < 4.78 is -1.73. The Morgan fingerprint density at radius 1 is 1.36 bits per heavy atom. The molecule has 0 aliphatic rings. The van der Waals surface area contributed by atoms with Crippen molar-refractivity contribution in [1.82, 2.24) is 0 Å². The lowest BCUT2D eigenvalue weighted by Crippen LogP contribution is -2.31. The number of nitrogens with zero attached hydrogens (tertiary/aromatic N) is 1. The van der Waals surface area contributed by atoms with Gasteiger partial charge in [-0.05, 0) is 5.56 Å². The van der Waals surface area contributed by atoms with Crippen molar-refractivity contribution < 1.29 is 10.0 Å². The Kier molecular flexibility index (Phi) is 3.63. The van der Waals surface area contributed by atoms with Crippen LogP contribution in [0.1, 0.15) is 11.7 Å². The smallest absolute Gasteiger partial charge is 0.356 e. The van der Waals surface area contributed by atoms with E-state index >= 15 is 0 Å². The number of alkyl halides is 2. The highest BCUT2D eigenvalue weighted by Crippen LogP contribution is 2.39. The molecule has 1 rings (SSSR count). The van der Waals surface area contributed by atoms with Gasteiger partial charge in [0.05, 0.1) is 4.92 Å². The largest absolute Gasteiger partial charge is 0.379 e. The minimum atomic E-state index is -1.73. The van der Waals surface area contributed by atoms with Crippen molar-refractivity contribution in [3.05, 3.63) is 46.0 Å². The van der Waals surface area contributed by atoms with Crippen molar-refractivity contribution in [1.29, 1.82) is 0 Å². The van der Waals surface area contributed by atoms with Gasteiger partial charge in [-0.1, -0.05) is 30.3 Å². The van der Waals surface area contributed by atoms with Gasteiger partial charge >= 0.3 is 3.36 Å². The van der Waals surface area contributed by atoms with Crippen molar-refractivity contribution in [3.8, 4) is 0 Å². The molecule has 0 aromatic heterocycles. The summed E-state index contributed by atoms with van der Waals surface area (Å²) in [6.07, 6.45) is -1.25. The summed E-state index contributed by atoms with van der Waals surface area (Å²) in [6, 6.07) is 8.41. The van der Waals surface area contributed by atoms with Gasteiger partial charge in [-0.3, -0.25) is 10.1 Å². The summed E-state index contributed by atoms with van der Waals surface area (Å²) in [5.41, 5.74) is 0.470. The first-order chi connectivity index (χ1) is 6.46. The summed E-state index contributed by atoms with van der Waals surface area (Å²) >= 11 is 5.63. The molecule has 1 unspecified atom stereocenters. The molecule has 0 fully saturated rings. The van der Waals surface area contributed by atoms with Crippen LogP contribution in [0.2, 0.25) is 0 Å². The second kappa shape index (κ2) is 4.37. The number of nitro groups is 1. The van der Waals surface area contributed by atoms with Gasteiger partial charge in [0.25, 0.3) is 0 Å². The van der Waals surface area contributed by atoms with E-state index in [0.717, 1.165) is 0 Å². The monoisotopic (exact) mass is 323 g/mol. The van der Waals surface area contributed by atoms with E-state index in [9.17, 15) is 15.2 Å². The van der Waals surface area contributed by atoms with E-state index < -0.39 is 14.4 Å². The van der Waals surface area contributed by atoms with Crippen LogP contribution < -0.4 is 0 Å². The van der Waals surface area contributed by atoms with E-state index in [1.807, 2.05) is 0 Å². The topological polar surface area (TPSA) is 63.4 Å². The SMILES string of the molecule is O=[N+]([O-])C(Br)(Br)C(O)c1ccccc1. The van der Waals surface area contributed by atoms with E-state index in [-0.39, 0.29) is 0 Å². The Morgan fingerprint density at radius 2 is 1.86 bits per heavy atom. The van der Waals surface area contributed by atoms with E-state index in [0.29, 0.717) is 5.56 Å². The Bertz CT molecular complexity index is 329. The van der Waals surface area contributed by atoms with E-state index in [4.69, 9.17) is 0 Å². The molecule has 0 aliphatic carbocycles. The molecule has 0 heterocycles. The highest BCUT2D eigenvalue weighted by atomic mass is 79.9. The molecule has 1 atom stereocenters. The number of rotatable bonds is 3. The zero-order chi connectivity index (χ0) is 10.8. The first kappa shape index (κ1) is 11.6. The van der Waals surface area contributed by atoms with E-state index in [1.54, 1.807) is 30.3 Å². The molecule has 0 spiro atoms. The van der Waals surface area contributed by atoms with Crippen LogP contribution in [-0.2, 0) is 0 Å². The number of hydrogen-bond acceptors (Lipinski definition) is 3. The van der Waals surface area contributed by atoms with Crippen LogP contribution in [0.3, 0.4) is 0 Å². The minimum Gasteiger partial charge on any atom is -0.379 e. The number of benzene rings is 1. The van der Waals surface area contributed by atoms with Crippen LogP contribution in [0.5, 0.6) is 0 Å². The quantitative estimate of drug-likeness (QED) is 0.402. The fourth-order valence-electron chi connectivity index (χ4n) is 0.936. The molecule has 1 aromatic rings. The fourth-order valence-corrected chi connectivity index (χ4v) is 1.46. The highest BCUT2D eigenvalue weighted by molar-refractivity contribution is 9.25. The molecule has 4 nitrogen and oxygen atoms in total. The average Bonchev–Trinajstić information content (AvgIpc) is 2.17. The van der Waals surface area contributed by atoms with Crippen molar-refractivity contribution in [2.75, 3.05) is 0 Å². The van der Waals surface area contributed by atoms with Crippen LogP contribution >= 0.6 is 31.9 Å². The van der Waals surface area contributed by atoms with Crippen molar-refractivity contribution in [3.63, 3.8) is 0 Å². The second-order valence-electron chi connectivity index (χ2n) is 2.66. The molecule has 0 amide bonds. The third-order valence-electron chi connectivity index (χ3n) is 1.69. The predicted molar refractivity (Wildman–Crippen MR) is 59.0 cm³/mol. The lowest BCUT2D eigenvalue weighted by molar-refractivity contribution is -0.517. The summed E-state index contributed by atoms with van der Waals surface area (Å²) in [5, 5.41) is 20.3. The van der Waals surface area contributed by atoms with Crippen molar-refractivity contribution >= 4 is 31.9 Å². The number of halogens is 2.